The van der Waals surface area contributed by atoms with Crippen LogP contribution in [0.4, 0.5) is 5.13 Å². The summed E-state index contributed by atoms with van der Waals surface area (Å²) < 4.78 is 4.99. The summed E-state index contributed by atoms with van der Waals surface area (Å²) in [5.74, 6) is -0.939. The molecule has 6 heteroatoms. The minimum Gasteiger partial charge on any atom is -0.477 e. The fraction of sp³-hybridized carbons (Fsp3) is 0.667. The van der Waals surface area contributed by atoms with E-state index in [1.54, 1.807) is 0 Å². The number of ether oxygens (including phenoxy) is 1. The van der Waals surface area contributed by atoms with Gasteiger partial charge in [-0.1, -0.05) is 18.3 Å². The van der Waals surface area contributed by atoms with Gasteiger partial charge < -0.3 is 14.7 Å². The van der Waals surface area contributed by atoms with Gasteiger partial charge in [-0.05, 0) is 20.3 Å². The van der Waals surface area contributed by atoms with Gasteiger partial charge in [-0.15, -0.1) is 0 Å². The Morgan fingerprint density at radius 2 is 2.22 bits per heavy atom. The van der Waals surface area contributed by atoms with Crippen molar-refractivity contribution >= 4 is 22.4 Å². The Bertz CT molecular complexity index is 404. The van der Waals surface area contributed by atoms with E-state index in [1.165, 1.54) is 18.4 Å². The molecule has 0 bridgehead atoms. The Morgan fingerprint density at radius 1 is 1.56 bits per heavy atom. The van der Waals surface area contributed by atoms with Crippen LogP contribution >= 0.6 is 11.3 Å². The molecule has 1 aromatic rings. The molecule has 1 heterocycles. The molecule has 0 fully saturated rings. The number of aromatic nitrogens is 1. The number of carboxylic acid groups (broad SMARTS) is 1. The number of anilines is 1. The number of nitrogens with zero attached hydrogens (tertiary/aromatic N) is 2. The molecule has 1 N–H and O–H groups in total. The Balaban J connectivity index is 3.08. The summed E-state index contributed by atoms with van der Waals surface area (Å²) in [4.78, 5) is 17.9. The number of hydrogen-bond donors (Lipinski definition) is 1. The van der Waals surface area contributed by atoms with Crippen LogP contribution in [0.1, 0.15) is 42.6 Å². The molecule has 18 heavy (non-hydrogen) atoms. The van der Waals surface area contributed by atoms with Gasteiger partial charge in [0.1, 0.15) is 4.88 Å². The molecule has 1 rings (SSSR count). The lowest BCUT2D eigenvalue weighted by atomic mass is 10.3. The van der Waals surface area contributed by atoms with Gasteiger partial charge in [-0.25, -0.2) is 9.78 Å². The van der Waals surface area contributed by atoms with Crippen LogP contribution in [-0.4, -0.2) is 35.8 Å². The second kappa shape index (κ2) is 6.70. The van der Waals surface area contributed by atoms with E-state index in [0.717, 1.165) is 18.1 Å². The monoisotopic (exact) mass is 272 g/mol. The smallest absolute Gasteiger partial charge is 0.347 e. The van der Waals surface area contributed by atoms with Crippen LogP contribution in [0.5, 0.6) is 0 Å². The van der Waals surface area contributed by atoms with E-state index in [-0.39, 0.29) is 11.5 Å². The molecule has 0 spiro atoms. The first-order valence-corrected chi connectivity index (χ1v) is 6.81. The van der Waals surface area contributed by atoms with E-state index >= 15 is 0 Å². The molecule has 0 aliphatic carbocycles. The Kier molecular flexibility index (Phi) is 5.55. The van der Waals surface area contributed by atoms with Crippen LogP contribution in [-0.2, 0) is 11.3 Å². The largest absolute Gasteiger partial charge is 0.477 e. The highest BCUT2D eigenvalue weighted by Gasteiger charge is 2.21. The highest BCUT2D eigenvalue weighted by molar-refractivity contribution is 7.17. The molecular formula is C12H20N2O3S. The Morgan fingerprint density at radius 3 is 2.67 bits per heavy atom. The van der Waals surface area contributed by atoms with Crippen molar-refractivity contribution in [3.63, 3.8) is 0 Å². The summed E-state index contributed by atoms with van der Waals surface area (Å²) >= 11 is 1.22. The molecule has 102 valence electrons. The standard InChI is InChI=1S/C12H20N2O3S/c1-5-6-14(8(2)3)12-13-9(7-17-4)10(18-12)11(15)16/h8H,5-7H2,1-4H3,(H,15,16). The summed E-state index contributed by atoms with van der Waals surface area (Å²) in [5.41, 5.74) is 0.506. The number of carboxylic acids is 1. The highest BCUT2D eigenvalue weighted by atomic mass is 32.1. The van der Waals surface area contributed by atoms with Crippen molar-refractivity contribution in [2.45, 2.75) is 39.8 Å². The van der Waals surface area contributed by atoms with Crippen molar-refractivity contribution in [2.75, 3.05) is 18.6 Å². The molecule has 0 aromatic carbocycles. The minimum absolute atomic E-state index is 0.232. The maximum atomic E-state index is 11.2. The van der Waals surface area contributed by atoms with Crippen LogP contribution in [0.15, 0.2) is 0 Å². The van der Waals surface area contributed by atoms with Crippen LogP contribution in [0, 0.1) is 0 Å². The maximum absolute atomic E-state index is 11.2. The van der Waals surface area contributed by atoms with Crippen molar-refractivity contribution in [1.82, 2.24) is 4.98 Å². The highest BCUT2D eigenvalue weighted by Crippen LogP contribution is 2.28. The fourth-order valence-electron chi connectivity index (χ4n) is 1.68. The van der Waals surface area contributed by atoms with Gasteiger partial charge in [0.25, 0.3) is 0 Å². The average molecular weight is 272 g/mol. The molecule has 5 nitrogen and oxygen atoms in total. The predicted octanol–water partition coefficient (Wildman–Crippen LogP) is 2.61. The van der Waals surface area contributed by atoms with E-state index in [9.17, 15) is 4.79 Å². The average Bonchev–Trinajstić information content (AvgIpc) is 2.69. The quantitative estimate of drug-likeness (QED) is 0.826. The summed E-state index contributed by atoms with van der Waals surface area (Å²) in [5, 5.41) is 9.91. The first-order chi connectivity index (χ1) is 8.51. The molecule has 0 saturated carbocycles. The van der Waals surface area contributed by atoms with Crippen LogP contribution in [0.25, 0.3) is 0 Å². The van der Waals surface area contributed by atoms with Crippen LogP contribution in [0.3, 0.4) is 0 Å². The Labute approximate surface area is 111 Å². The normalized spacial score (nSPS) is 10.9. The molecule has 0 atom stereocenters. The van der Waals surface area contributed by atoms with Gasteiger partial charge in [0.2, 0.25) is 0 Å². The number of rotatable bonds is 7. The minimum atomic E-state index is -0.939. The van der Waals surface area contributed by atoms with Gasteiger partial charge in [0.05, 0.1) is 12.3 Å². The first-order valence-electron chi connectivity index (χ1n) is 5.99. The number of hydrogen-bond acceptors (Lipinski definition) is 5. The van der Waals surface area contributed by atoms with Crippen molar-refractivity contribution in [3.8, 4) is 0 Å². The molecule has 0 saturated heterocycles. The van der Waals surface area contributed by atoms with E-state index in [4.69, 9.17) is 9.84 Å². The SMILES string of the molecule is CCCN(c1nc(COC)c(C(=O)O)s1)C(C)C. The van der Waals surface area contributed by atoms with Gasteiger partial charge in [-0.2, -0.15) is 0 Å². The van der Waals surface area contributed by atoms with Crippen LogP contribution < -0.4 is 4.90 Å². The maximum Gasteiger partial charge on any atom is 0.347 e. The van der Waals surface area contributed by atoms with Crippen molar-refractivity contribution in [2.24, 2.45) is 0 Å². The van der Waals surface area contributed by atoms with E-state index in [0.29, 0.717) is 11.7 Å². The third kappa shape index (κ3) is 3.43. The van der Waals surface area contributed by atoms with E-state index < -0.39 is 5.97 Å². The Hall–Kier alpha value is -1.14. The number of thiazole rings is 1. The molecule has 0 amide bonds. The summed E-state index contributed by atoms with van der Waals surface area (Å²) in [6, 6.07) is 0.299. The molecule has 0 unspecified atom stereocenters. The van der Waals surface area contributed by atoms with Crippen molar-refractivity contribution in [3.05, 3.63) is 10.6 Å². The van der Waals surface area contributed by atoms with Crippen molar-refractivity contribution in [1.29, 1.82) is 0 Å². The molecule has 0 radical (unpaired) electrons. The molecule has 0 aliphatic rings. The summed E-state index contributed by atoms with van der Waals surface area (Å²) in [6.45, 7) is 7.35. The summed E-state index contributed by atoms with van der Waals surface area (Å²) in [7, 11) is 1.54. The zero-order valence-electron chi connectivity index (χ0n) is 11.3. The second-order valence-corrected chi connectivity index (χ2v) is 5.28. The van der Waals surface area contributed by atoms with Gasteiger partial charge >= 0.3 is 5.97 Å². The molecule has 1 aromatic heterocycles. The number of aromatic carboxylic acids is 1. The number of carbonyl (C=O) groups is 1. The van der Waals surface area contributed by atoms with Crippen LogP contribution in [0.2, 0.25) is 0 Å². The first kappa shape index (κ1) is 14.9. The van der Waals surface area contributed by atoms with Gasteiger partial charge in [0, 0.05) is 19.7 Å². The zero-order chi connectivity index (χ0) is 13.7. The summed E-state index contributed by atoms with van der Waals surface area (Å²) in [6.07, 6.45) is 1.000. The predicted molar refractivity (Wildman–Crippen MR) is 72.6 cm³/mol. The lowest BCUT2D eigenvalue weighted by Crippen LogP contribution is -2.31. The third-order valence-corrected chi connectivity index (χ3v) is 3.62. The number of methoxy groups -OCH3 is 1. The van der Waals surface area contributed by atoms with E-state index in [2.05, 4.69) is 30.7 Å². The van der Waals surface area contributed by atoms with Gasteiger partial charge in [0.15, 0.2) is 5.13 Å². The molecule has 0 aliphatic heterocycles. The third-order valence-electron chi connectivity index (χ3n) is 2.49. The topological polar surface area (TPSA) is 62.7 Å². The zero-order valence-corrected chi connectivity index (χ0v) is 12.1. The van der Waals surface area contributed by atoms with Gasteiger partial charge in [-0.3, -0.25) is 0 Å². The lowest BCUT2D eigenvalue weighted by molar-refractivity contribution is 0.0697. The van der Waals surface area contributed by atoms with E-state index in [1.807, 2.05) is 0 Å². The second-order valence-electron chi connectivity index (χ2n) is 4.30. The molecular weight excluding hydrogens is 252 g/mol. The lowest BCUT2D eigenvalue weighted by Gasteiger charge is -2.25. The fourth-order valence-corrected chi connectivity index (χ4v) is 2.75. The van der Waals surface area contributed by atoms with Crippen molar-refractivity contribution < 1.29 is 14.6 Å².